The molecule has 1 heterocycles. The van der Waals surface area contributed by atoms with Gasteiger partial charge in [0.25, 0.3) is 11.6 Å². The van der Waals surface area contributed by atoms with Gasteiger partial charge >= 0.3 is 5.97 Å². The van der Waals surface area contributed by atoms with Gasteiger partial charge in [-0.25, -0.2) is 4.79 Å². The van der Waals surface area contributed by atoms with E-state index in [9.17, 15) is 14.9 Å². The Morgan fingerprint density at radius 1 is 1.33 bits per heavy atom. The number of ether oxygens (including phenoxy) is 2. The van der Waals surface area contributed by atoms with Crippen LogP contribution in [-0.4, -0.2) is 34.8 Å². The minimum Gasteiger partial charge on any atom is -0.454 e. The van der Waals surface area contributed by atoms with E-state index in [1.807, 2.05) is 0 Å². The summed E-state index contributed by atoms with van der Waals surface area (Å²) < 4.78 is 14.7. The van der Waals surface area contributed by atoms with Crippen molar-refractivity contribution in [1.29, 1.82) is 0 Å². The number of nitro benzene ring substituents is 1. The lowest BCUT2D eigenvalue weighted by atomic mass is 10.2. The van der Waals surface area contributed by atoms with Crippen LogP contribution in [0.15, 0.2) is 28.7 Å². The van der Waals surface area contributed by atoms with Crippen LogP contribution in [0.5, 0.6) is 0 Å². The van der Waals surface area contributed by atoms with E-state index in [0.29, 0.717) is 5.56 Å². The quantitative estimate of drug-likeness (QED) is 0.444. The standard InChI is InChI=1S/C12H11N3O6/c1-19-7-11(16)20-6-10-13-14-12(21-10)8-2-4-9(5-3-8)15(17)18/h2-5H,6-7H2,1H3. The molecule has 1 aromatic heterocycles. The molecule has 0 saturated carbocycles. The smallest absolute Gasteiger partial charge is 0.332 e. The number of rotatable bonds is 6. The number of nitrogens with zero attached hydrogens (tertiary/aromatic N) is 3. The number of hydrogen-bond donors (Lipinski definition) is 0. The number of hydrogen-bond acceptors (Lipinski definition) is 8. The highest BCUT2D eigenvalue weighted by atomic mass is 16.6. The topological polar surface area (TPSA) is 118 Å². The van der Waals surface area contributed by atoms with Gasteiger partial charge in [-0.15, -0.1) is 10.2 Å². The summed E-state index contributed by atoms with van der Waals surface area (Å²) in [5.41, 5.74) is 0.495. The summed E-state index contributed by atoms with van der Waals surface area (Å²) in [5, 5.41) is 18.0. The third-order valence-corrected chi connectivity index (χ3v) is 2.41. The van der Waals surface area contributed by atoms with Crippen molar-refractivity contribution in [3.8, 4) is 11.5 Å². The van der Waals surface area contributed by atoms with E-state index in [1.54, 1.807) is 0 Å². The molecule has 0 atom stereocenters. The average Bonchev–Trinajstić information content (AvgIpc) is 2.94. The Labute approximate surface area is 118 Å². The number of methoxy groups -OCH3 is 1. The Hall–Kier alpha value is -2.81. The lowest BCUT2D eigenvalue weighted by molar-refractivity contribution is -0.384. The Morgan fingerprint density at radius 3 is 2.67 bits per heavy atom. The zero-order valence-electron chi connectivity index (χ0n) is 11.0. The third kappa shape index (κ3) is 3.83. The molecular weight excluding hydrogens is 282 g/mol. The molecule has 0 aliphatic heterocycles. The van der Waals surface area contributed by atoms with Crippen molar-refractivity contribution >= 4 is 11.7 Å². The van der Waals surface area contributed by atoms with Crippen LogP contribution in [0, 0.1) is 10.1 Å². The Balaban J connectivity index is 2.02. The van der Waals surface area contributed by atoms with E-state index in [-0.39, 0.29) is 30.7 Å². The molecule has 2 rings (SSSR count). The van der Waals surface area contributed by atoms with Crippen LogP contribution in [0.4, 0.5) is 5.69 Å². The summed E-state index contributed by atoms with van der Waals surface area (Å²) in [4.78, 5) is 21.1. The van der Waals surface area contributed by atoms with Crippen molar-refractivity contribution in [2.24, 2.45) is 0 Å². The Morgan fingerprint density at radius 2 is 2.05 bits per heavy atom. The normalized spacial score (nSPS) is 10.3. The van der Waals surface area contributed by atoms with Crippen molar-refractivity contribution in [2.75, 3.05) is 13.7 Å². The van der Waals surface area contributed by atoms with Gasteiger partial charge in [-0.1, -0.05) is 0 Å². The molecule has 0 fully saturated rings. The van der Waals surface area contributed by atoms with E-state index in [2.05, 4.69) is 14.9 Å². The van der Waals surface area contributed by atoms with E-state index >= 15 is 0 Å². The van der Waals surface area contributed by atoms with E-state index in [1.165, 1.54) is 31.4 Å². The summed E-state index contributed by atoms with van der Waals surface area (Å²) in [6.07, 6.45) is 0. The molecule has 2 aromatic rings. The summed E-state index contributed by atoms with van der Waals surface area (Å²) >= 11 is 0. The van der Waals surface area contributed by atoms with Crippen molar-refractivity contribution in [2.45, 2.75) is 6.61 Å². The number of carbonyl (C=O) groups excluding carboxylic acids is 1. The van der Waals surface area contributed by atoms with Crippen LogP contribution in [0.1, 0.15) is 5.89 Å². The van der Waals surface area contributed by atoms with Crippen molar-refractivity contribution in [3.05, 3.63) is 40.3 Å². The minimum atomic E-state index is -0.549. The highest BCUT2D eigenvalue weighted by Gasteiger charge is 2.12. The summed E-state index contributed by atoms with van der Waals surface area (Å²) in [5.74, 6) is -0.247. The molecule has 1 aromatic carbocycles. The highest BCUT2D eigenvalue weighted by molar-refractivity contribution is 5.70. The number of carbonyl (C=O) groups is 1. The third-order valence-electron chi connectivity index (χ3n) is 2.41. The number of aromatic nitrogens is 2. The molecule has 0 aliphatic carbocycles. The SMILES string of the molecule is COCC(=O)OCc1nnc(-c2ccc([N+](=O)[O-])cc2)o1. The van der Waals surface area contributed by atoms with Gasteiger partial charge in [0.2, 0.25) is 5.89 Å². The molecule has 21 heavy (non-hydrogen) atoms. The first-order valence-corrected chi connectivity index (χ1v) is 5.82. The molecule has 9 heteroatoms. The lowest BCUT2D eigenvalue weighted by Crippen LogP contribution is -2.10. The zero-order valence-corrected chi connectivity index (χ0v) is 11.0. The molecule has 110 valence electrons. The maximum absolute atomic E-state index is 11.1. The largest absolute Gasteiger partial charge is 0.454 e. The second kappa shape index (κ2) is 6.57. The van der Waals surface area contributed by atoms with Crippen LogP contribution in [0.3, 0.4) is 0 Å². The Kier molecular flexibility index (Phi) is 4.57. The van der Waals surface area contributed by atoms with Gasteiger partial charge in [-0.3, -0.25) is 10.1 Å². The first-order chi connectivity index (χ1) is 10.1. The fraction of sp³-hybridized carbons (Fsp3) is 0.250. The maximum Gasteiger partial charge on any atom is 0.332 e. The first kappa shape index (κ1) is 14.6. The number of non-ortho nitro benzene ring substituents is 1. The predicted molar refractivity (Wildman–Crippen MR) is 68.1 cm³/mol. The minimum absolute atomic E-state index is 0.0352. The number of nitro groups is 1. The van der Waals surface area contributed by atoms with Crippen LogP contribution in [-0.2, 0) is 20.9 Å². The van der Waals surface area contributed by atoms with Crippen LogP contribution in [0.25, 0.3) is 11.5 Å². The molecule has 0 radical (unpaired) electrons. The van der Waals surface area contributed by atoms with Gasteiger partial charge in [0, 0.05) is 24.8 Å². The molecule has 9 nitrogen and oxygen atoms in total. The Bertz CT molecular complexity index is 637. The van der Waals surface area contributed by atoms with Crippen molar-refractivity contribution in [1.82, 2.24) is 10.2 Å². The number of esters is 1. The number of benzene rings is 1. The zero-order chi connectivity index (χ0) is 15.2. The van der Waals surface area contributed by atoms with Gasteiger partial charge in [0.05, 0.1) is 4.92 Å². The van der Waals surface area contributed by atoms with Crippen LogP contribution >= 0.6 is 0 Å². The van der Waals surface area contributed by atoms with Gasteiger partial charge in [0.1, 0.15) is 6.61 Å². The molecule has 0 aliphatic rings. The van der Waals surface area contributed by atoms with Gasteiger partial charge in [-0.05, 0) is 12.1 Å². The van der Waals surface area contributed by atoms with Gasteiger partial charge in [0.15, 0.2) is 6.61 Å². The van der Waals surface area contributed by atoms with Crippen LogP contribution in [0.2, 0.25) is 0 Å². The highest BCUT2D eigenvalue weighted by Crippen LogP contribution is 2.21. The average molecular weight is 293 g/mol. The molecule has 0 amide bonds. The van der Waals surface area contributed by atoms with Crippen molar-refractivity contribution in [3.63, 3.8) is 0 Å². The fourth-order valence-electron chi connectivity index (χ4n) is 1.46. The molecule has 0 bridgehead atoms. The summed E-state index contributed by atoms with van der Waals surface area (Å²) in [6.45, 7) is -0.328. The van der Waals surface area contributed by atoms with Gasteiger partial charge in [-0.2, -0.15) is 0 Å². The van der Waals surface area contributed by atoms with E-state index in [0.717, 1.165) is 0 Å². The monoisotopic (exact) mass is 293 g/mol. The van der Waals surface area contributed by atoms with Crippen LogP contribution < -0.4 is 0 Å². The maximum atomic E-state index is 11.1. The van der Waals surface area contributed by atoms with E-state index < -0.39 is 10.9 Å². The van der Waals surface area contributed by atoms with E-state index in [4.69, 9.17) is 9.15 Å². The molecular formula is C12H11N3O6. The van der Waals surface area contributed by atoms with Crippen molar-refractivity contribution < 1.29 is 23.6 Å². The molecule has 0 spiro atoms. The fourth-order valence-corrected chi connectivity index (χ4v) is 1.46. The molecule has 0 N–H and O–H groups in total. The van der Waals surface area contributed by atoms with Gasteiger partial charge < -0.3 is 13.9 Å². The summed E-state index contributed by atoms with van der Waals surface area (Å²) in [6, 6.07) is 5.65. The molecule has 0 unspecified atom stereocenters. The lowest BCUT2D eigenvalue weighted by Gasteiger charge is -1.99. The predicted octanol–water partition coefficient (Wildman–Crippen LogP) is 1.33. The summed E-state index contributed by atoms with van der Waals surface area (Å²) in [7, 11) is 1.38. The second-order valence-corrected chi connectivity index (χ2v) is 3.90. The second-order valence-electron chi connectivity index (χ2n) is 3.90. The first-order valence-electron chi connectivity index (χ1n) is 5.82. The molecule has 0 saturated heterocycles.